The number of benzene rings is 1. The molecule has 0 amide bonds. The zero-order valence-corrected chi connectivity index (χ0v) is 12.5. The van der Waals surface area contributed by atoms with E-state index in [1.807, 2.05) is 0 Å². The third-order valence-electron chi connectivity index (χ3n) is 2.10. The van der Waals surface area contributed by atoms with E-state index in [1.165, 1.54) is 12.1 Å². The monoisotopic (exact) mass is 464 g/mol. The van der Waals surface area contributed by atoms with Crippen LogP contribution in [0.4, 0.5) is 13.2 Å². The average molecular weight is 464 g/mol. The summed E-state index contributed by atoms with van der Waals surface area (Å²) < 4.78 is 38.8. The van der Waals surface area contributed by atoms with Crippen molar-refractivity contribution in [1.82, 2.24) is 9.97 Å². The van der Waals surface area contributed by atoms with Gasteiger partial charge in [-0.05, 0) is 57.3 Å². The highest BCUT2D eigenvalue weighted by Gasteiger charge is 2.30. The van der Waals surface area contributed by atoms with Crippen molar-refractivity contribution in [2.75, 3.05) is 0 Å². The molecule has 7 heteroatoms. The molecule has 1 aromatic carbocycles. The van der Waals surface area contributed by atoms with Crippen molar-refractivity contribution in [3.63, 3.8) is 0 Å². The van der Waals surface area contributed by atoms with Crippen molar-refractivity contribution < 1.29 is 13.2 Å². The van der Waals surface area contributed by atoms with Crippen LogP contribution in [0, 0.1) is 7.40 Å². The molecule has 1 heterocycles. The number of imidazole rings is 1. The van der Waals surface area contributed by atoms with Gasteiger partial charge in [0.25, 0.3) is 0 Å². The third kappa shape index (κ3) is 2.92. The van der Waals surface area contributed by atoms with E-state index in [9.17, 15) is 13.2 Å². The van der Waals surface area contributed by atoms with Gasteiger partial charge < -0.3 is 4.98 Å². The van der Waals surface area contributed by atoms with Crippen LogP contribution in [-0.2, 0) is 6.18 Å². The third-order valence-corrected chi connectivity index (χ3v) is 4.70. The minimum Gasteiger partial charge on any atom is -0.333 e. The molecular formula is C10H5F3I2N2. The molecule has 17 heavy (non-hydrogen) atoms. The summed E-state index contributed by atoms with van der Waals surface area (Å²) in [5.41, 5.74) is -0.0176. The van der Waals surface area contributed by atoms with Gasteiger partial charge in [0.2, 0.25) is 0 Å². The van der Waals surface area contributed by atoms with Crippen molar-refractivity contribution in [2.45, 2.75) is 6.18 Å². The largest absolute Gasteiger partial charge is 0.416 e. The van der Waals surface area contributed by atoms with E-state index in [0.29, 0.717) is 11.4 Å². The van der Waals surface area contributed by atoms with Crippen molar-refractivity contribution in [3.05, 3.63) is 37.2 Å². The normalized spacial score (nSPS) is 11.8. The SMILES string of the molecule is FC(F)(F)c1ccc(-c2nc(I)c(I)[nH]2)cc1. The fraction of sp³-hybridized carbons (Fsp3) is 0.100. The zero-order chi connectivity index (χ0) is 12.6. The number of alkyl halides is 3. The van der Waals surface area contributed by atoms with Crippen LogP contribution in [0.2, 0.25) is 0 Å². The molecule has 0 saturated heterocycles. The quantitative estimate of drug-likeness (QED) is 0.627. The second-order valence-electron chi connectivity index (χ2n) is 3.27. The van der Waals surface area contributed by atoms with Crippen LogP contribution in [0.1, 0.15) is 5.56 Å². The highest BCUT2D eigenvalue weighted by atomic mass is 127. The molecule has 0 unspecified atom stereocenters. The molecular weight excluding hydrogens is 459 g/mol. The molecule has 2 nitrogen and oxygen atoms in total. The Morgan fingerprint density at radius 3 is 2.06 bits per heavy atom. The zero-order valence-electron chi connectivity index (χ0n) is 8.15. The van der Waals surface area contributed by atoms with Crippen molar-refractivity contribution in [1.29, 1.82) is 0 Å². The second kappa shape index (κ2) is 4.75. The van der Waals surface area contributed by atoms with Crippen molar-refractivity contribution in [3.8, 4) is 11.4 Å². The molecule has 2 aromatic rings. The van der Waals surface area contributed by atoms with Gasteiger partial charge in [-0.15, -0.1) is 0 Å². The molecule has 0 spiro atoms. The predicted molar refractivity (Wildman–Crippen MR) is 74.5 cm³/mol. The van der Waals surface area contributed by atoms with Crippen LogP contribution in [0.5, 0.6) is 0 Å². The Kier molecular flexibility index (Phi) is 3.66. The van der Waals surface area contributed by atoms with Crippen molar-refractivity contribution in [2.24, 2.45) is 0 Å². The molecule has 0 bridgehead atoms. The van der Waals surface area contributed by atoms with E-state index in [-0.39, 0.29) is 0 Å². The highest BCUT2D eigenvalue weighted by Crippen LogP contribution is 2.30. The topological polar surface area (TPSA) is 28.7 Å². The number of aromatic amines is 1. The maximum Gasteiger partial charge on any atom is 0.416 e. The first-order chi connectivity index (χ1) is 7.88. The number of rotatable bonds is 1. The van der Waals surface area contributed by atoms with E-state index < -0.39 is 11.7 Å². The van der Waals surface area contributed by atoms with Crippen LogP contribution >= 0.6 is 45.2 Å². The summed E-state index contributed by atoms with van der Waals surface area (Å²) in [7, 11) is 0. The number of nitrogens with zero attached hydrogens (tertiary/aromatic N) is 1. The minimum atomic E-state index is -4.30. The van der Waals surface area contributed by atoms with Gasteiger partial charge in [0.05, 0.1) is 5.56 Å². The Morgan fingerprint density at radius 1 is 1.06 bits per heavy atom. The Hall–Kier alpha value is -0.320. The summed E-state index contributed by atoms with van der Waals surface area (Å²) >= 11 is 4.15. The van der Waals surface area contributed by atoms with Gasteiger partial charge >= 0.3 is 6.18 Å². The Morgan fingerprint density at radius 2 is 1.65 bits per heavy atom. The molecule has 0 aliphatic carbocycles. The molecule has 0 saturated carbocycles. The van der Waals surface area contributed by atoms with E-state index in [2.05, 4.69) is 55.1 Å². The first-order valence-corrected chi connectivity index (χ1v) is 6.62. The number of hydrogen-bond acceptors (Lipinski definition) is 1. The van der Waals surface area contributed by atoms with Gasteiger partial charge in [-0.3, -0.25) is 0 Å². The van der Waals surface area contributed by atoms with Crippen LogP contribution in [0.15, 0.2) is 24.3 Å². The summed E-state index contributed by atoms with van der Waals surface area (Å²) in [6.07, 6.45) is -4.30. The lowest BCUT2D eigenvalue weighted by Crippen LogP contribution is -2.04. The highest BCUT2D eigenvalue weighted by molar-refractivity contribution is 14.1. The number of halogens is 5. The lowest BCUT2D eigenvalue weighted by atomic mass is 10.1. The molecule has 0 aliphatic heterocycles. The lowest BCUT2D eigenvalue weighted by molar-refractivity contribution is -0.137. The van der Waals surface area contributed by atoms with Crippen LogP contribution in [0.25, 0.3) is 11.4 Å². The standard InChI is InChI=1S/C10H5F3I2N2/c11-10(12,13)6-3-1-5(2-4-6)9-16-7(14)8(15)17-9/h1-4H,(H,16,17). The average Bonchev–Trinajstić information content (AvgIpc) is 2.58. The molecule has 1 N–H and O–H groups in total. The number of hydrogen-bond donors (Lipinski definition) is 1. The minimum absolute atomic E-state index is 0.576. The first kappa shape index (κ1) is 13.1. The van der Waals surface area contributed by atoms with Crippen LogP contribution in [-0.4, -0.2) is 9.97 Å². The fourth-order valence-electron chi connectivity index (χ4n) is 1.28. The molecule has 0 fully saturated rings. The molecule has 1 aromatic heterocycles. The van der Waals surface area contributed by atoms with E-state index in [0.717, 1.165) is 19.5 Å². The Labute approximate surface area is 122 Å². The Bertz CT molecular complexity index is 512. The molecule has 2 rings (SSSR count). The van der Waals surface area contributed by atoms with Gasteiger partial charge in [0.15, 0.2) is 0 Å². The van der Waals surface area contributed by atoms with Crippen LogP contribution < -0.4 is 0 Å². The van der Waals surface area contributed by atoms with Crippen LogP contribution in [0.3, 0.4) is 0 Å². The maximum atomic E-state index is 12.4. The predicted octanol–water partition coefficient (Wildman–Crippen LogP) is 4.30. The first-order valence-electron chi connectivity index (χ1n) is 4.46. The molecule has 0 radical (unpaired) electrons. The Balaban J connectivity index is 2.36. The second-order valence-corrected chi connectivity index (χ2v) is 5.37. The number of H-pyrrole nitrogens is 1. The molecule has 90 valence electrons. The van der Waals surface area contributed by atoms with Crippen molar-refractivity contribution >= 4 is 45.2 Å². The molecule has 0 atom stereocenters. The van der Waals surface area contributed by atoms with Gasteiger partial charge in [-0.1, -0.05) is 12.1 Å². The smallest absolute Gasteiger partial charge is 0.333 e. The van der Waals surface area contributed by atoms with Gasteiger partial charge in [0, 0.05) is 5.56 Å². The van der Waals surface area contributed by atoms with Gasteiger partial charge in [-0.25, -0.2) is 4.98 Å². The fourth-order valence-corrected chi connectivity index (χ4v) is 2.04. The summed E-state index contributed by atoms with van der Waals surface area (Å²) in [5, 5.41) is 0. The summed E-state index contributed by atoms with van der Waals surface area (Å²) in [6, 6.07) is 4.93. The van der Waals surface area contributed by atoms with Gasteiger partial charge in [-0.2, -0.15) is 13.2 Å². The maximum absolute atomic E-state index is 12.4. The lowest BCUT2D eigenvalue weighted by Gasteiger charge is -2.06. The van der Waals surface area contributed by atoms with E-state index in [1.54, 1.807) is 0 Å². The van der Waals surface area contributed by atoms with E-state index in [4.69, 9.17) is 0 Å². The summed E-state index contributed by atoms with van der Waals surface area (Å²) in [4.78, 5) is 7.22. The van der Waals surface area contributed by atoms with Gasteiger partial charge in [0.1, 0.15) is 13.2 Å². The number of nitrogens with one attached hydrogen (secondary N) is 1. The summed E-state index contributed by atoms with van der Waals surface area (Å²) in [5.74, 6) is 0.576. The number of aromatic nitrogens is 2. The van der Waals surface area contributed by atoms with E-state index >= 15 is 0 Å². The molecule has 0 aliphatic rings. The summed E-state index contributed by atoms with van der Waals surface area (Å²) in [6.45, 7) is 0.